The Morgan fingerprint density at radius 3 is 2.06 bits per heavy atom. The van der Waals surface area contributed by atoms with E-state index in [1.165, 1.54) is 14.2 Å². The van der Waals surface area contributed by atoms with Crippen molar-refractivity contribution in [2.45, 2.75) is 26.2 Å². The van der Waals surface area contributed by atoms with Gasteiger partial charge in [0.25, 0.3) is 0 Å². The Hall–Kier alpha value is -1.71. The average molecular weight is 238 g/mol. The van der Waals surface area contributed by atoms with Crippen LogP contribution in [-0.4, -0.2) is 25.3 Å². The lowest BCUT2D eigenvalue weighted by Gasteiger charge is -2.18. The molecule has 1 N–H and O–H groups in total. The second kappa shape index (κ2) is 5.57. The third kappa shape index (κ3) is 2.70. The lowest BCUT2D eigenvalue weighted by atomic mass is 9.93. The van der Waals surface area contributed by atoms with E-state index in [2.05, 4.69) is 0 Å². The molecule has 1 rings (SSSR count). The molecule has 0 spiro atoms. The molecule has 0 aromatic heterocycles. The number of carbonyl (C=O) groups is 1. The van der Waals surface area contributed by atoms with E-state index in [1.807, 2.05) is 26.0 Å². The molecular weight excluding hydrogens is 220 g/mol. The molecule has 0 saturated heterocycles. The van der Waals surface area contributed by atoms with Gasteiger partial charge in [0.05, 0.1) is 25.7 Å². The number of rotatable bonds is 5. The van der Waals surface area contributed by atoms with E-state index in [0.29, 0.717) is 23.5 Å². The summed E-state index contributed by atoms with van der Waals surface area (Å²) in [6.07, 6.45) is 0.491. The van der Waals surface area contributed by atoms with Gasteiger partial charge >= 0.3 is 5.97 Å². The van der Waals surface area contributed by atoms with Crippen LogP contribution in [0.15, 0.2) is 12.1 Å². The van der Waals surface area contributed by atoms with Crippen LogP contribution in [0.25, 0.3) is 0 Å². The molecule has 4 nitrogen and oxygen atoms in total. The van der Waals surface area contributed by atoms with Gasteiger partial charge in [0.2, 0.25) is 0 Å². The molecule has 1 aromatic carbocycles. The highest BCUT2D eigenvalue weighted by Crippen LogP contribution is 2.38. The van der Waals surface area contributed by atoms with E-state index < -0.39 is 11.9 Å². The molecule has 0 aliphatic rings. The third-order valence-electron chi connectivity index (χ3n) is 2.74. The SMILES string of the molecule is CCC(C(=O)O)c1c(OC)cc(C)cc1OC. The fourth-order valence-corrected chi connectivity index (χ4v) is 1.92. The van der Waals surface area contributed by atoms with Crippen molar-refractivity contribution in [1.82, 2.24) is 0 Å². The summed E-state index contributed by atoms with van der Waals surface area (Å²) in [6, 6.07) is 3.65. The minimum absolute atomic E-state index is 0.491. The highest BCUT2D eigenvalue weighted by Gasteiger charge is 2.25. The number of aryl methyl sites for hydroxylation is 1. The van der Waals surface area contributed by atoms with Crippen molar-refractivity contribution in [3.05, 3.63) is 23.3 Å². The monoisotopic (exact) mass is 238 g/mol. The van der Waals surface area contributed by atoms with E-state index >= 15 is 0 Å². The first-order valence-corrected chi connectivity index (χ1v) is 5.50. The number of hydrogen-bond donors (Lipinski definition) is 1. The van der Waals surface area contributed by atoms with Crippen molar-refractivity contribution in [2.75, 3.05) is 14.2 Å². The van der Waals surface area contributed by atoms with Crippen LogP contribution in [0.3, 0.4) is 0 Å². The van der Waals surface area contributed by atoms with Gasteiger partial charge in [-0.25, -0.2) is 0 Å². The topological polar surface area (TPSA) is 55.8 Å². The third-order valence-corrected chi connectivity index (χ3v) is 2.74. The first-order chi connectivity index (χ1) is 8.04. The Morgan fingerprint density at radius 2 is 1.76 bits per heavy atom. The molecule has 0 bridgehead atoms. The molecule has 4 heteroatoms. The minimum Gasteiger partial charge on any atom is -0.496 e. The van der Waals surface area contributed by atoms with Gasteiger partial charge in [0.15, 0.2) is 0 Å². The predicted octanol–water partition coefficient (Wildman–Crippen LogP) is 2.59. The van der Waals surface area contributed by atoms with Gasteiger partial charge in [-0.2, -0.15) is 0 Å². The average Bonchev–Trinajstić information content (AvgIpc) is 2.30. The van der Waals surface area contributed by atoms with Crippen molar-refractivity contribution in [1.29, 1.82) is 0 Å². The summed E-state index contributed by atoms with van der Waals surface area (Å²) in [5.41, 5.74) is 1.58. The zero-order chi connectivity index (χ0) is 13.0. The van der Waals surface area contributed by atoms with Crippen molar-refractivity contribution >= 4 is 5.97 Å². The second-order valence-electron chi connectivity index (χ2n) is 3.88. The molecule has 0 fully saturated rings. The Kier molecular flexibility index (Phi) is 4.37. The zero-order valence-corrected chi connectivity index (χ0v) is 10.6. The Morgan fingerprint density at radius 1 is 1.29 bits per heavy atom. The molecule has 1 aromatic rings. The molecule has 94 valence electrons. The molecule has 0 amide bonds. The first-order valence-electron chi connectivity index (χ1n) is 5.50. The fourth-order valence-electron chi connectivity index (χ4n) is 1.92. The largest absolute Gasteiger partial charge is 0.496 e. The summed E-state index contributed by atoms with van der Waals surface area (Å²) in [5.74, 6) is -0.347. The van der Waals surface area contributed by atoms with Crippen LogP contribution in [0.2, 0.25) is 0 Å². The molecular formula is C13H18O4. The van der Waals surface area contributed by atoms with E-state index in [0.717, 1.165) is 5.56 Å². The van der Waals surface area contributed by atoms with Crippen LogP contribution in [0.1, 0.15) is 30.4 Å². The summed E-state index contributed by atoms with van der Waals surface area (Å²) in [5, 5.41) is 9.22. The summed E-state index contributed by atoms with van der Waals surface area (Å²) in [6.45, 7) is 3.74. The Bertz CT molecular complexity index is 387. The van der Waals surface area contributed by atoms with Gasteiger partial charge in [-0.15, -0.1) is 0 Å². The second-order valence-corrected chi connectivity index (χ2v) is 3.88. The maximum absolute atomic E-state index is 11.2. The van der Waals surface area contributed by atoms with Crippen LogP contribution in [-0.2, 0) is 4.79 Å². The molecule has 0 aliphatic carbocycles. The number of carboxylic acid groups (broad SMARTS) is 1. The van der Waals surface area contributed by atoms with Gasteiger partial charge < -0.3 is 14.6 Å². The van der Waals surface area contributed by atoms with E-state index in [4.69, 9.17) is 9.47 Å². The standard InChI is InChI=1S/C13H18O4/c1-5-9(13(14)15)12-10(16-3)6-8(2)7-11(12)17-4/h6-7,9H,5H2,1-4H3,(H,14,15). The summed E-state index contributed by atoms with van der Waals surface area (Å²) in [7, 11) is 3.07. The molecule has 17 heavy (non-hydrogen) atoms. The van der Waals surface area contributed by atoms with Gasteiger partial charge in [0.1, 0.15) is 11.5 Å². The highest BCUT2D eigenvalue weighted by atomic mass is 16.5. The molecule has 0 saturated carbocycles. The normalized spacial score (nSPS) is 12.0. The van der Waals surface area contributed by atoms with E-state index in [1.54, 1.807) is 0 Å². The van der Waals surface area contributed by atoms with Crippen LogP contribution >= 0.6 is 0 Å². The zero-order valence-electron chi connectivity index (χ0n) is 10.6. The molecule has 0 aliphatic heterocycles. The summed E-state index contributed by atoms with van der Waals surface area (Å²) >= 11 is 0. The molecule has 0 radical (unpaired) electrons. The Labute approximate surface area is 101 Å². The highest BCUT2D eigenvalue weighted by molar-refractivity contribution is 5.78. The minimum atomic E-state index is -0.868. The maximum Gasteiger partial charge on any atom is 0.311 e. The lowest BCUT2D eigenvalue weighted by Crippen LogP contribution is -2.13. The number of methoxy groups -OCH3 is 2. The number of aliphatic carboxylic acids is 1. The quantitative estimate of drug-likeness (QED) is 0.856. The van der Waals surface area contributed by atoms with E-state index in [9.17, 15) is 9.90 Å². The Balaban J connectivity index is 3.41. The van der Waals surface area contributed by atoms with Gasteiger partial charge in [-0.1, -0.05) is 6.92 Å². The van der Waals surface area contributed by atoms with Gasteiger partial charge in [-0.3, -0.25) is 4.79 Å². The lowest BCUT2D eigenvalue weighted by molar-refractivity contribution is -0.138. The van der Waals surface area contributed by atoms with Crippen molar-refractivity contribution in [2.24, 2.45) is 0 Å². The molecule has 0 heterocycles. The smallest absolute Gasteiger partial charge is 0.311 e. The van der Waals surface area contributed by atoms with Crippen molar-refractivity contribution in [3.8, 4) is 11.5 Å². The van der Waals surface area contributed by atoms with Crippen molar-refractivity contribution < 1.29 is 19.4 Å². The van der Waals surface area contributed by atoms with Crippen molar-refractivity contribution in [3.63, 3.8) is 0 Å². The van der Waals surface area contributed by atoms with Gasteiger partial charge in [0, 0.05) is 0 Å². The maximum atomic E-state index is 11.2. The van der Waals surface area contributed by atoms with Crippen LogP contribution < -0.4 is 9.47 Å². The number of hydrogen-bond acceptors (Lipinski definition) is 3. The van der Waals surface area contributed by atoms with Gasteiger partial charge in [-0.05, 0) is 31.0 Å². The van der Waals surface area contributed by atoms with E-state index in [-0.39, 0.29) is 0 Å². The van der Waals surface area contributed by atoms with Crippen LogP contribution in [0.5, 0.6) is 11.5 Å². The summed E-state index contributed by atoms with van der Waals surface area (Å²) < 4.78 is 10.5. The molecule has 1 unspecified atom stereocenters. The number of carboxylic acids is 1. The fraction of sp³-hybridized carbons (Fsp3) is 0.462. The first kappa shape index (κ1) is 13.4. The van der Waals surface area contributed by atoms with Crippen LogP contribution in [0, 0.1) is 6.92 Å². The predicted molar refractivity (Wildman–Crippen MR) is 65.0 cm³/mol. The summed E-state index contributed by atoms with van der Waals surface area (Å²) in [4.78, 5) is 11.2. The number of ether oxygens (including phenoxy) is 2. The molecule has 1 atom stereocenters. The number of benzene rings is 1. The van der Waals surface area contributed by atoms with Crippen LogP contribution in [0.4, 0.5) is 0 Å².